The smallest absolute Gasteiger partial charge is 0.338 e. The van der Waals surface area contributed by atoms with E-state index < -0.39 is 18.0 Å². The van der Waals surface area contributed by atoms with E-state index in [1.165, 1.54) is 24.3 Å². The number of ether oxygens (including phenoxy) is 2. The summed E-state index contributed by atoms with van der Waals surface area (Å²) in [7, 11) is 0. The molecule has 0 fully saturated rings. The molecule has 2 heterocycles. The van der Waals surface area contributed by atoms with Crippen LogP contribution in [-0.4, -0.2) is 29.4 Å². The fourth-order valence-corrected chi connectivity index (χ4v) is 5.30. The number of fused-ring (bicyclic) bond motifs is 1. The van der Waals surface area contributed by atoms with E-state index in [0.29, 0.717) is 26.4 Å². The summed E-state index contributed by atoms with van der Waals surface area (Å²) in [5.41, 5.74) is 2.10. The molecule has 4 rings (SSSR count). The zero-order chi connectivity index (χ0) is 25.8. The molecule has 0 saturated carbocycles. The second-order valence-electron chi connectivity index (χ2n) is 7.90. The Morgan fingerprint density at radius 2 is 1.86 bits per heavy atom. The Balaban J connectivity index is 1.84. The minimum absolute atomic E-state index is 0.0570. The van der Waals surface area contributed by atoms with E-state index in [2.05, 4.69) is 11.6 Å². The lowest BCUT2D eigenvalue weighted by Gasteiger charge is -2.24. The van der Waals surface area contributed by atoms with Crippen molar-refractivity contribution in [3.63, 3.8) is 0 Å². The van der Waals surface area contributed by atoms with Gasteiger partial charge in [0.25, 0.3) is 5.56 Å². The van der Waals surface area contributed by atoms with Crippen LogP contribution in [0, 0.1) is 0 Å². The highest BCUT2D eigenvalue weighted by atomic mass is 32.2. The third kappa shape index (κ3) is 5.27. The molecule has 7 nitrogen and oxygen atoms in total. The Morgan fingerprint density at radius 3 is 2.47 bits per heavy atom. The van der Waals surface area contributed by atoms with Crippen molar-refractivity contribution in [3.8, 4) is 5.75 Å². The maximum absolute atomic E-state index is 13.6. The van der Waals surface area contributed by atoms with E-state index in [4.69, 9.17) is 9.47 Å². The molecule has 1 atom stereocenters. The van der Waals surface area contributed by atoms with Crippen molar-refractivity contribution in [1.29, 1.82) is 0 Å². The van der Waals surface area contributed by atoms with Gasteiger partial charge in [-0.05, 0) is 54.6 Å². The number of benzene rings is 2. The number of hydrogen-bond donors (Lipinski definition) is 0. The van der Waals surface area contributed by atoms with Crippen LogP contribution in [0.2, 0.25) is 0 Å². The van der Waals surface area contributed by atoms with Crippen LogP contribution in [0.4, 0.5) is 0 Å². The number of thioether (sulfide) groups is 1. The van der Waals surface area contributed by atoms with Crippen LogP contribution in [0.3, 0.4) is 0 Å². The van der Waals surface area contributed by atoms with Crippen LogP contribution in [0.25, 0.3) is 6.08 Å². The number of hydrogen-bond acceptors (Lipinski definition) is 8. The molecule has 1 unspecified atom stereocenters. The van der Waals surface area contributed by atoms with Gasteiger partial charge in [0.15, 0.2) is 4.80 Å². The largest absolute Gasteiger partial charge is 0.458 e. The van der Waals surface area contributed by atoms with E-state index in [-0.39, 0.29) is 12.2 Å². The fraction of sp³-hybridized carbons (Fsp3) is 0.185. The number of aromatic nitrogens is 1. The van der Waals surface area contributed by atoms with Crippen LogP contribution in [0.5, 0.6) is 5.75 Å². The summed E-state index contributed by atoms with van der Waals surface area (Å²) in [6.45, 7) is 6.75. The predicted octanol–water partition coefficient (Wildman–Crippen LogP) is 3.61. The molecule has 9 heteroatoms. The first-order chi connectivity index (χ1) is 17.3. The molecule has 0 saturated heterocycles. The number of rotatable bonds is 7. The van der Waals surface area contributed by atoms with Crippen LogP contribution in [-0.2, 0) is 14.3 Å². The standard InChI is InChI=1S/C27H24N2O5S2/c1-5-14-33-26(32)23-16(2)28-27-29(24(23)19-8-12-21(35-4)13-9-19)25(31)22(36-27)15-18-6-10-20(11-7-18)34-17(3)30/h5-13,15,24H,1,14H2,2-4H3. The van der Waals surface area contributed by atoms with Gasteiger partial charge in [-0.3, -0.25) is 14.2 Å². The molecule has 0 radical (unpaired) electrons. The van der Waals surface area contributed by atoms with Gasteiger partial charge < -0.3 is 9.47 Å². The first kappa shape index (κ1) is 25.4. The van der Waals surface area contributed by atoms with Crippen molar-refractivity contribution in [2.45, 2.75) is 24.8 Å². The predicted molar refractivity (Wildman–Crippen MR) is 141 cm³/mol. The lowest BCUT2D eigenvalue weighted by atomic mass is 9.96. The molecule has 1 aromatic heterocycles. The molecule has 36 heavy (non-hydrogen) atoms. The van der Waals surface area contributed by atoms with Crippen molar-refractivity contribution in [2.75, 3.05) is 12.9 Å². The summed E-state index contributed by atoms with van der Waals surface area (Å²) in [6.07, 6.45) is 5.24. The summed E-state index contributed by atoms with van der Waals surface area (Å²) in [6, 6.07) is 13.9. The molecule has 0 amide bonds. The molecule has 3 aromatic rings. The van der Waals surface area contributed by atoms with Crippen molar-refractivity contribution < 1.29 is 19.1 Å². The topological polar surface area (TPSA) is 87.0 Å². The Kier molecular flexibility index (Phi) is 7.71. The van der Waals surface area contributed by atoms with Crippen LogP contribution < -0.4 is 19.6 Å². The van der Waals surface area contributed by atoms with Crippen LogP contribution >= 0.6 is 23.1 Å². The normalized spacial score (nSPS) is 15.2. The molecule has 0 bridgehead atoms. The summed E-state index contributed by atoms with van der Waals surface area (Å²) in [5, 5.41) is 0. The average Bonchev–Trinajstić information content (AvgIpc) is 3.16. The Hall–Kier alpha value is -3.69. The maximum Gasteiger partial charge on any atom is 0.338 e. The summed E-state index contributed by atoms with van der Waals surface area (Å²) in [5.74, 6) is -0.516. The van der Waals surface area contributed by atoms with Crippen LogP contribution in [0.1, 0.15) is 31.0 Å². The van der Waals surface area contributed by atoms with E-state index >= 15 is 0 Å². The highest BCUT2D eigenvalue weighted by Crippen LogP contribution is 2.31. The van der Waals surface area contributed by atoms with Gasteiger partial charge in [-0.15, -0.1) is 11.8 Å². The van der Waals surface area contributed by atoms with Gasteiger partial charge in [-0.2, -0.15) is 0 Å². The second kappa shape index (κ2) is 10.9. The molecular formula is C27H24N2O5S2. The highest BCUT2D eigenvalue weighted by molar-refractivity contribution is 7.98. The van der Waals surface area contributed by atoms with Gasteiger partial charge >= 0.3 is 11.9 Å². The van der Waals surface area contributed by atoms with Crippen molar-refractivity contribution in [3.05, 3.63) is 103 Å². The molecule has 0 spiro atoms. The molecule has 1 aliphatic heterocycles. The SMILES string of the molecule is C=CCOC(=O)C1=C(C)N=c2sc(=Cc3ccc(OC(C)=O)cc3)c(=O)n2C1c1ccc(SC)cc1. The molecule has 2 aromatic carbocycles. The van der Waals surface area contributed by atoms with Gasteiger partial charge in [0, 0.05) is 11.8 Å². The number of carbonyl (C=O) groups excluding carboxylic acids is 2. The molecule has 184 valence electrons. The van der Waals surface area contributed by atoms with Gasteiger partial charge in [-0.25, -0.2) is 9.79 Å². The van der Waals surface area contributed by atoms with Crippen LogP contribution in [0.15, 0.2) is 87.1 Å². The third-order valence-corrected chi connectivity index (χ3v) is 7.17. The van der Waals surface area contributed by atoms with Gasteiger partial charge in [0.2, 0.25) is 0 Å². The molecule has 1 aliphatic rings. The summed E-state index contributed by atoms with van der Waals surface area (Å²) < 4.78 is 12.5. The van der Waals surface area contributed by atoms with E-state index in [9.17, 15) is 14.4 Å². The minimum Gasteiger partial charge on any atom is -0.458 e. The Bertz CT molecular complexity index is 1530. The number of nitrogens with zero attached hydrogens (tertiary/aromatic N) is 2. The zero-order valence-electron chi connectivity index (χ0n) is 20.0. The number of thiazole rings is 1. The lowest BCUT2D eigenvalue weighted by Crippen LogP contribution is -2.39. The van der Waals surface area contributed by atoms with Gasteiger partial charge in [0.05, 0.1) is 21.8 Å². The summed E-state index contributed by atoms with van der Waals surface area (Å²) in [4.78, 5) is 44.0. The summed E-state index contributed by atoms with van der Waals surface area (Å²) >= 11 is 2.86. The van der Waals surface area contributed by atoms with Gasteiger partial charge in [0.1, 0.15) is 12.4 Å². The van der Waals surface area contributed by atoms with Crippen molar-refractivity contribution >= 4 is 41.1 Å². The highest BCUT2D eigenvalue weighted by Gasteiger charge is 2.33. The second-order valence-corrected chi connectivity index (χ2v) is 9.79. The zero-order valence-corrected chi connectivity index (χ0v) is 21.7. The minimum atomic E-state index is -0.678. The average molecular weight is 521 g/mol. The quantitative estimate of drug-likeness (QED) is 0.205. The monoisotopic (exact) mass is 520 g/mol. The lowest BCUT2D eigenvalue weighted by molar-refractivity contribution is -0.138. The first-order valence-corrected chi connectivity index (χ1v) is 13.1. The Morgan fingerprint density at radius 1 is 1.17 bits per heavy atom. The van der Waals surface area contributed by atoms with E-state index in [1.54, 1.807) is 53.6 Å². The Labute approximate surface area is 216 Å². The third-order valence-electron chi connectivity index (χ3n) is 5.44. The number of esters is 2. The van der Waals surface area contributed by atoms with Crippen molar-refractivity contribution in [1.82, 2.24) is 4.57 Å². The fourth-order valence-electron chi connectivity index (χ4n) is 3.85. The number of allylic oxidation sites excluding steroid dienone is 1. The molecular weight excluding hydrogens is 496 g/mol. The maximum atomic E-state index is 13.6. The van der Waals surface area contributed by atoms with Gasteiger partial charge in [-0.1, -0.05) is 48.3 Å². The van der Waals surface area contributed by atoms with E-state index in [1.807, 2.05) is 30.5 Å². The molecule has 0 N–H and O–H groups in total. The molecule has 0 aliphatic carbocycles. The van der Waals surface area contributed by atoms with E-state index in [0.717, 1.165) is 16.0 Å². The first-order valence-electron chi connectivity index (χ1n) is 11.1. The van der Waals surface area contributed by atoms with Crippen molar-refractivity contribution in [2.24, 2.45) is 4.99 Å². The number of carbonyl (C=O) groups is 2.